The number of rotatable bonds is 8. The first-order chi connectivity index (χ1) is 11.7. The first kappa shape index (κ1) is 18.4. The van der Waals surface area contributed by atoms with E-state index >= 15 is 0 Å². The van der Waals surface area contributed by atoms with E-state index < -0.39 is 0 Å². The predicted octanol–water partition coefficient (Wildman–Crippen LogP) is 1.83. The Labute approximate surface area is 142 Å². The van der Waals surface area contributed by atoms with E-state index in [1.54, 1.807) is 17.0 Å². The number of hydrogen-bond acceptors (Lipinski definition) is 4. The van der Waals surface area contributed by atoms with Gasteiger partial charge in [0.25, 0.3) is 0 Å². The van der Waals surface area contributed by atoms with Crippen molar-refractivity contribution in [3.8, 4) is 6.07 Å². The molecule has 0 aromatic heterocycles. The molecule has 1 heterocycles. The first-order valence-corrected chi connectivity index (χ1v) is 8.38. The van der Waals surface area contributed by atoms with E-state index in [-0.39, 0.29) is 11.7 Å². The zero-order valence-corrected chi connectivity index (χ0v) is 13.9. The molecule has 1 aliphatic rings. The number of aryl methyl sites for hydroxylation is 1. The molecule has 2 rings (SSSR count). The summed E-state index contributed by atoms with van der Waals surface area (Å²) in [6, 6.07) is 8.33. The largest absolute Gasteiger partial charge is 0.379 e. The van der Waals surface area contributed by atoms with Crippen molar-refractivity contribution in [1.29, 1.82) is 5.26 Å². The number of hydrogen-bond donors (Lipinski definition) is 0. The van der Waals surface area contributed by atoms with Crippen LogP contribution in [0, 0.1) is 17.1 Å². The minimum atomic E-state index is -0.272. The van der Waals surface area contributed by atoms with Crippen molar-refractivity contribution in [3.05, 3.63) is 35.6 Å². The maximum Gasteiger partial charge on any atom is 0.222 e. The lowest BCUT2D eigenvalue weighted by molar-refractivity contribution is -0.131. The number of halogens is 1. The van der Waals surface area contributed by atoms with Crippen molar-refractivity contribution in [1.82, 2.24) is 9.80 Å². The Morgan fingerprint density at radius 1 is 1.25 bits per heavy atom. The van der Waals surface area contributed by atoms with Crippen LogP contribution in [0.3, 0.4) is 0 Å². The topological polar surface area (TPSA) is 56.6 Å². The van der Waals surface area contributed by atoms with E-state index in [2.05, 4.69) is 11.0 Å². The van der Waals surface area contributed by atoms with Crippen molar-refractivity contribution in [2.24, 2.45) is 0 Å². The van der Waals surface area contributed by atoms with Crippen LogP contribution in [0.15, 0.2) is 24.3 Å². The van der Waals surface area contributed by atoms with Gasteiger partial charge in [-0.1, -0.05) is 12.1 Å². The molecular formula is C18H24FN3O2. The Hall–Kier alpha value is -1.97. The van der Waals surface area contributed by atoms with Crippen molar-refractivity contribution >= 4 is 5.91 Å². The average Bonchev–Trinajstić information content (AvgIpc) is 2.62. The van der Waals surface area contributed by atoms with Crippen molar-refractivity contribution < 1.29 is 13.9 Å². The summed E-state index contributed by atoms with van der Waals surface area (Å²) in [6.07, 6.45) is 1.30. The van der Waals surface area contributed by atoms with Crippen LogP contribution in [0.2, 0.25) is 0 Å². The summed E-state index contributed by atoms with van der Waals surface area (Å²) >= 11 is 0. The number of carbonyl (C=O) groups is 1. The Balaban J connectivity index is 1.81. The summed E-state index contributed by atoms with van der Waals surface area (Å²) < 4.78 is 18.2. The molecule has 1 fully saturated rings. The summed E-state index contributed by atoms with van der Waals surface area (Å²) in [5.74, 6) is -0.228. The van der Waals surface area contributed by atoms with Gasteiger partial charge in [0.1, 0.15) is 5.82 Å². The molecule has 130 valence electrons. The maximum absolute atomic E-state index is 12.9. The predicted molar refractivity (Wildman–Crippen MR) is 88.8 cm³/mol. The Bertz CT molecular complexity index is 550. The first-order valence-electron chi connectivity index (χ1n) is 8.38. The van der Waals surface area contributed by atoms with Crippen LogP contribution >= 0.6 is 0 Å². The highest BCUT2D eigenvalue weighted by Gasteiger charge is 2.16. The Morgan fingerprint density at radius 3 is 2.62 bits per heavy atom. The van der Waals surface area contributed by atoms with E-state index in [1.807, 2.05) is 0 Å². The Morgan fingerprint density at radius 2 is 1.96 bits per heavy atom. The molecule has 0 bridgehead atoms. The van der Waals surface area contributed by atoms with Crippen molar-refractivity contribution in [3.63, 3.8) is 0 Å². The van der Waals surface area contributed by atoms with Crippen LogP contribution in [0.5, 0.6) is 0 Å². The fraction of sp³-hybridized carbons (Fsp3) is 0.556. The smallest absolute Gasteiger partial charge is 0.222 e. The molecule has 0 unspecified atom stereocenters. The minimum absolute atomic E-state index is 0.0443. The van der Waals surface area contributed by atoms with Crippen LogP contribution in [0.25, 0.3) is 0 Å². The van der Waals surface area contributed by atoms with Crippen LogP contribution in [0.4, 0.5) is 4.39 Å². The molecule has 24 heavy (non-hydrogen) atoms. The highest BCUT2D eigenvalue weighted by atomic mass is 19.1. The monoisotopic (exact) mass is 333 g/mol. The van der Waals surface area contributed by atoms with Gasteiger partial charge in [-0.05, 0) is 24.1 Å². The van der Waals surface area contributed by atoms with E-state index in [1.165, 1.54) is 12.1 Å². The summed E-state index contributed by atoms with van der Waals surface area (Å²) in [4.78, 5) is 16.5. The van der Waals surface area contributed by atoms with Gasteiger partial charge < -0.3 is 9.64 Å². The third kappa shape index (κ3) is 6.26. The molecule has 0 radical (unpaired) electrons. The number of ether oxygens (including phenoxy) is 1. The highest BCUT2D eigenvalue weighted by molar-refractivity contribution is 5.76. The van der Waals surface area contributed by atoms with Gasteiger partial charge in [0, 0.05) is 39.1 Å². The summed E-state index contributed by atoms with van der Waals surface area (Å²) in [5, 5.41) is 8.80. The van der Waals surface area contributed by atoms with Crippen molar-refractivity contribution in [2.75, 3.05) is 45.9 Å². The van der Waals surface area contributed by atoms with E-state index in [0.29, 0.717) is 32.4 Å². The van der Waals surface area contributed by atoms with Crippen molar-refractivity contribution in [2.45, 2.75) is 19.3 Å². The lowest BCUT2D eigenvalue weighted by Crippen LogP contribution is -2.43. The molecule has 1 saturated heterocycles. The molecular weight excluding hydrogens is 309 g/mol. The summed E-state index contributed by atoms with van der Waals surface area (Å²) in [5.41, 5.74) is 0.943. The van der Waals surface area contributed by atoms with Gasteiger partial charge in [-0.25, -0.2) is 4.39 Å². The number of benzene rings is 1. The molecule has 1 aromatic rings. The minimum Gasteiger partial charge on any atom is -0.379 e. The molecule has 1 aromatic carbocycles. The van der Waals surface area contributed by atoms with Gasteiger partial charge in [0.2, 0.25) is 5.91 Å². The second-order valence-electron chi connectivity index (χ2n) is 5.87. The number of amides is 1. The van der Waals surface area contributed by atoms with E-state index in [0.717, 1.165) is 38.4 Å². The van der Waals surface area contributed by atoms with Gasteiger partial charge in [-0.3, -0.25) is 9.69 Å². The summed E-state index contributed by atoms with van der Waals surface area (Å²) in [7, 11) is 0. The van der Waals surface area contributed by atoms with Crippen LogP contribution in [0.1, 0.15) is 18.4 Å². The van der Waals surface area contributed by atoms with Crippen LogP contribution in [-0.2, 0) is 16.0 Å². The van der Waals surface area contributed by atoms with Gasteiger partial charge >= 0.3 is 0 Å². The number of nitriles is 1. The molecule has 0 atom stereocenters. The lowest BCUT2D eigenvalue weighted by Gasteiger charge is -2.30. The molecule has 6 heteroatoms. The van der Waals surface area contributed by atoms with Gasteiger partial charge in [-0.2, -0.15) is 5.26 Å². The number of carbonyl (C=O) groups excluding carboxylic acids is 1. The highest BCUT2D eigenvalue weighted by Crippen LogP contribution is 2.08. The van der Waals surface area contributed by atoms with E-state index in [4.69, 9.17) is 10.00 Å². The zero-order chi connectivity index (χ0) is 17.2. The van der Waals surface area contributed by atoms with Gasteiger partial charge in [0.15, 0.2) is 0 Å². The third-order valence-electron chi connectivity index (χ3n) is 4.18. The normalized spacial score (nSPS) is 15.0. The second kappa shape index (κ2) is 10.0. The van der Waals surface area contributed by atoms with Crippen LogP contribution < -0.4 is 0 Å². The summed E-state index contributed by atoms with van der Waals surface area (Å²) in [6.45, 7) is 5.13. The molecule has 5 nitrogen and oxygen atoms in total. The standard InChI is InChI=1S/C18H24FN3O2/c19-17-5-2-16(3-6-17)4-7-18(23)22(9-1-8-20)11-10-21-12-14-24-15-13-21/h2-3,5-6H,1,4,7,9-15H2. The average molecular weight is 333 g/mol. The molecule has 0 spiro atoms. The molecule has 0 aliphatic carbocycles. The fourth-order valence-electron chi connectivity index (χ4n) is 2.69. The molecule has 0 saturated carbocycles. The lowest BCUT2D eigenvalue weighted by atomic mass is 10.1. The fourth-order valence-corrected chi connectivity index (χ4v) is 2.69. The molecule has 1 amide bonds. The molecule has 0 N–H and O–H groups in total. The third-order valence-corrected chi connectivity index (χ3v) is 4.18. The quantitative estimate of drug-likeness (QED) is 0.728. The zero-order valence-electron chi connectivity index (χ0n) is 13.9. The van der Waals surface area contributed by atoms with E-state index in [9.17, 15) is 9.18 Å². The maximum atomic E-state index is 12.9. The second-order valence-corrected chi connectivity index (χ2v) is 5.87. The Kier molecular flexibility index (Phi) is 7.66. The van der Waals surface area contributed by atoms with Gasteiger partial charge in [-0.15, -0.1) is 0 Å². The number of morpholine rings is 1. The number of nitrogens with zero attached hydrogens (tertiary/aromatic N) is 3. The SMILES string of the molecule is N#CCCN(CCN1CCOCC1)C(=O)CCc1ccc(F)cc1. The molecule has 1 aliphatic heterocycles. The van der Waals surface area contributed by atoms with Gasteiger partial charge in [0.05, 0.1) is 25.7 Å². The van der Waals surface area contributed by atoms with Crippen LogP contribution in [-0.4, -0.2) is 61.6 Å².